The van der Waals surface area contributed by atoms with Gasteiger partial charge in [0, 0.05) is 24.3 Å². The maximum atomic E-state index is 12.7. The standard InChI is InChI=1S/C21H20F6N2O3/c1-2-29(11-10-20(22,23)24)19(31)14-6-8-17(9-7-14)32-13-18(30)28-16-5-3-4-15(12-16)21(25,26)27/h3-9,12H,2,10-11,13H2,1H3,(H,28,30). The van der Waals surface area contributed by atoms with Gasteiger partial charge in [0.25, 0.3) is 11.8 Å². The van der Waals surface area contributed by atoms with Crippen LogP contribution in [0, 0.1) is 0 Å². The number of hydrogen-bond donors (Lipinski definition) is 1. The van der Waals surface area contributed by atoms with E-state index in [0.29, 0.717) is 0 Å². The van der Waals surface area contributed by atoms with Crippen molar-refractivity contribution in [2.45, 2.75) is 25.7 Å². The van der Waals surface area contributed by atoms with Crippen LogP contribution in [0.25, 0.3) is 0 Å². The fourth-order valence-electron chi connectivity index (χ4n) is 2.66. The van der Waals surface area contributed by atoms with E-state index in [1.807, 2.05) is 0 Å². The van der Waals surface area contributed by atoms with E-state index in [-0.39, 0.29) is 23.5 Å². The lowest BCUT2D eigenvalue weighted by atomic mass is 10.2. The second-order valence-electron chi connectivity index (χ2n) is 6.69. The summed E-state index contributed by atoms with van der Waals surface area (Å²) in [5, 5.41) is 2.29. The maximum absolute atomic E-state index is 12.7. The van der Waals surface area contributed by atoms with Gasteiger partial charge in [-0.3, -0.25) is 9.59 Å². The molecule has 0 saturated heterocycles. The van der Waals surface area contributed by atoms with Crippen LogP contribution in [0.15, 0.2) is 48.5 Å². The first-order valence-corrected chi connectivity index (χ1v) is 9.45. The first-order valence-electron chi connectivity index (χ1n) is 9.45. The number of carbonyl (C=O) groups is 2. The molecule has 0 aliphatic rings. The van der Waals surface area contributed by atoms with Crippen molar-refractivity contribution in [1.82, 2.24) is 4.90 Å². The van der Waals surface area contributed by atoms with Crippen molar-refractivity contribution in [3.8, 4) is 5.75 Å². The van der Waals surface area contributed by atoms with Gasteiger partial charge in [0.2, 0.25) is 0 Å². The SMILES string of the molecule is CCN(CCC(F)(F)F)C(=O)c1ccc(OCC(=O)Nc2cccc(C(F)(F)F)c2)cc1. The highest BCUT2D eigenvalue weighted by Crippen LogP contribution is 2.30. The maximum Gasteiger partial charge on any atom is 0.416 e. The molecule has 0 heterocycles. The van der Waals surface area contributed by atoms with Gasteiger partial charge in [-0.05, 0) is 49.4 Å². The van der Waals surface area contributed by atoms with Gasteiger partial charge in [-0.1, -0.05) is 6.07 Å². The van der Waals surface area contributed by atoms with E-state index in [1.54, 1.807) is 6.92 Å². The Morgan fingerprint density at radius 1 is 1.00 bits per heavy atom. The van der Waals surface area contributed by atoms with Gasteiger partial charge < -0.3 is 15.0 Å². The normalized spacial score (nSPS) is 11.7. The van der Waals surface area contributed by atoms with Crippen molar-refractivity contribution in [3.05, 3.63) is 59.7 Å². The number of ether oxygens (including phenoxy) is 1. The Morgan fingerprint density at radius 2 is 1.66 bits per heavy atom. The van der Waals surface area contributed by atoms with Gasteiger partial charge in [0.05, 0.1) is 12.0 Å². The molecule has 5 nitrogen and oxygen atoms in total. The van der Waals surface area contributed by atoms with Crippen LogP contribution in [0.3, 0.4) is 0 Å². The van der Waals surface area contributed by atoms with Crippen molar-refractivity contribution >= 4 is 17.5 Å². The quantitative estimate of drug-likeness (QED) is 0.553. The van der Waals surface area contributed by atoms with Crippen LogP contribution in [-0.4, -0.2) is 42.6 Å². The highest BCUT2D eigenvalue weighted by Gasteiger charge is 2.30. The van der Waals surface area contributed by atoms with E-state index in [4.69, 9.17) is 4.74 Å². The highest BCUT2D eigenvalue weighted by atomic mass is 19.4. The summed E-state index contributed by atoms with van der Waals surface area (Å²) in [4.78, 5) is 25.3. The number of rotatable bonds is 8. The van der Waals surface area contributed by atoms with E-state index in [0.717, 1.165) is 23.1 Å². The molecule has 2 aromatic carbocycles. The summed E-state index contributed by atoms with van der Waals surface area (Å²) in [5.41, 5.74) is -0.810. The molecule has 1 N–H and O–H groups in total. The number of nitrogens with zero attached hydrogens (tertiary/aromatic N) is 1. The molecule has 0 radical (unpaired) electrons. The van der Waals surface area contributed by atoms with Crippen molar-refractivity contribution in [1.29, 1.82) is 0 Å². The molecule has 32 heavy (non-hydrogen) atoms. The molecule has 0 saturated carbocycles. The molecule has 0 aromatic heterocycles. The number of anilines is 1. The van der Waals surface area contributed by atoms with E-state index in [1.165, 1.54) is 30.3 Å². The number of carbonyl (C=O) groups excluding carboxylic acids is 2. The topological polar surface area (TPSA) is 58.6 Å². The van der Waals surface area contributed by atoms with Crippen LogP contribution in [0.1, 0.15) is 29.3 Å². The average molecular weight is 462 g/mol. The summed E-state index contributed by atoms with van der Waals surface area (Å²) in [6, 6.07) is 9.53. The number of benzene rings is 2. The lowest BCUT2D eigenvalue weighted by molar-refractivity contribution is -0.138. The minimum atomic E-state index is -4.55. The van der Waals surface area contributed by atoms with Crippen LogP contribution >= 0.6 is 0 Å². The third kappa shape index (κ3) is 7.78. The van der Waals surface area contributed by atoms with Crippen LogP contribution in [0.4, 0.5) is 32.0 Å². The second-order valence-corrected chi connectivity index (χ2v) is 6.69. The summed E-state index contributed by atoms with van der Waals surface area (Å²) >= 11 is 0. The molecule has 0 unspecified atom stereocenters. The number of amides is 2. The molecule has 0 spiro atoms. The van der Waals surface area contributed by atoms with E-state index < -0.39 is 49.3 Å². The molecule has 2 aromatic rings. The lowest BCUT2D eigenvalue weighted by Gasteiger charge is -2.21. The first kappa shape index (κ1) is 25.0. The number of alkyl halides is 6. The van der Waals surface area contributed by atoms with Gasteiger partial charge in [0.1, 0.15) is 5.75 Å². The van der Waals surface area contributed by atoms with Gasteiger partial charge in [-0.2, -0.15) is 26.3 Å². The average Bonchev–Trinajstić information content (AvgIpc) is 2.71. The minimum absolute atomic E-state index is 0.0483. The Bertz CT molecular complexity index is 926. The molecule has 0 aliphatic heterocycles. The monoisotopic (exact) mass is 462 g/mol. The molecular weight excluding hydrogens is 442 g/mol. The van der Waals surface area contributed by atoms with Gasteiger partial charge in [-0.15, -0.1) is 0 Å². The van der Waals surface area contributed by atoms with Gasteiger partial charge in [0.15, 0.2) is 6.61 Å². The molecule has 174 valence electrons. The predicted octanol–water partition coefficient (Wildman–Crippen LogP) is 5.14. The summed E-state index contributed by atoms with van der Waals surface area (Å²) in [7, 11) is 0. The predicted molar refractivity (Wildman–Crippen MR) is 104 cm³/mol. The Balaban J connectivity index is 1.91. The van der Waals surface area contributed by atoms with Crippen molar-refractivity contribution in [3.63, 3.8) is 0 Å². The third-order valence-corrected chi connectivity index (χ3v) is 4.28. The fourth-order valence-corrected chi connectivity index (χ4v) is 2.66. The largest absolute Gasteiger partial charge is 0.484 e. The summed E-state index contributed by atoms with van der Waals surface area (Å²) in [6.45, 7) is 0.695. The Hall–Kier alpha value is -3.24. The summed E-state index contributed by atoms with van der Waals surface area (Å²) < 4.78 is 80.6. The Labute approximate surface area is 180 Å². The number of halogens is 6. The van der Waals surface area contributed by atoms with Crippen LogP contribution in [-0.2, 0) is 11.0 Å². The van der Waals surface area contributed by atoms with Gasteiger partial charge >= 0.3 is 12.4 Å². The molecule has 0 bridgehead atoms. The fraction of sp³-hybridized carbons (Fsp3) is 0.333. The first-order chi connectivity index (χ1) is 14.9. The zero-order valence-corrected chi connectivity index (χ0v) is 16.9. The molecular formula is C21H20F6N2O3. The van der Waals surface area contributed by atoms with E-state index in [2.05, 4.69) is 5.32 Å². The third-order valence-electron chi connectivity index (χ3n) is 4.28. The second kappa shape index (κ2) is 10.4. The number of hydrogen-bond acceptors (Lipinski definition) is 3. The molecule has 0 atom stereocenters. The zero-order chi connectivity index (χ0) is 23.9. The summed E-state index contributed by atoms with van der Waals surface area (Å²) in [5.74, 6) is -1.08. The molecule has 2 amide bonds. The van der Waals surface area contributed by atoms with Crippen LogP contribution in [0.5, 0.6) is 5.75 Å². The van der Waals surface area contributed by atoms with Crippen molar-refractivity contribution < 1.29 is 40.7 Å². The number of nitrogens with one attached hydrogen (secondary N) is 1. The van der Waals surface area contributed by atoms with Gasteiger partial charge in [-0.25, -0.2) is 0 Å². The van der Waals surface area contributed by atoms with Crippen LogP contribution < -0.4 is 10.1 Å². The Morgan fingerprint density at radius 3 is 2.22 bits per heavy atom. The highest BCUT2D eigenvalue weighted by molar-refractivity contribution is 5.94. The smallest absolute Gasteiger partial charge is 0.416 e. The Kier molecular flexibility index (Phi) is 8.12. The lowest BCUT2D eigenvalue weighted by Crippen LogP contribution is -2.34. The molecule has 0 aliphatic carbocycles. The molecule has 11 heteroatoms. The molecule has 2 rings (SSSR count). The molecule has 0 fully saturated rings. The minimum Gasteiger partial charge on any atom is -0.484 e. The van der Waals surface area contributed by atoms with E-state index in [9.17, 15) is 35.9 Å². The van der Waals surface area contributed by atoms with Crippen molar-refractivity contribution in [2.24, 2.45) is 0 Å². The van der Waals surface area contributed by atoms with E-state index >= 15 is 0 Å². The summed E-state index contributed by atoms with van der Waals surface area (Å²) in [6.07, 6.45) is -10.0. The van der Waals surface area contributed by atoms with Crippen molar-refractivity contribution in [2.75, 3.05) is 25.0 Å². The zero-order valence-electron chi connectivity index (χ0n) is 16.9. The van der Waals surface area contributed by atoms with Crippen LogP contribution in [0.2, 0.25) is 0 Å².